The molecule has 0 unspecified atom stereocenters. The molecule has 1 N–H and O–H groups in total. The summed E-state index contributed by atoms with van der Waals surface area (Å²) in [6.07, 6.45) is 3.42. The first-order valence-corrected chi connectivity index (χ1v) is 10.1. The molecule has 3 heterocycles. The summed E-state index contributed by atoms with van der Waals surface area (Å²) in [5, 5.41) is 7.04. The average Bonchev–Trinajstić information content (AvgIpc) is 3.30. The van der Waals surface area contributed by atoms with Gasteiger partial charge in [-0.2, -0.15) is 4.98 Å². The smallest absolute Gasteiger partial charge is 0.241 e. The number of hydrogen-bond acceptors (Lipinski definition) is 7. The lowest BCUT2D eigenvalue weighted by molar-refractivity contribution is -0.121. The highest BCUT2D eigenvalue weighted by atomic mass is 16.5. The van der Waals surface area contributed by atoms with E-state index in [0.29, 0.717) is 28.8 Å². The van der Waals surface area contributed by atoms with Crippen LogP contribution in [0.3, 0.4) is 0 Å². The Bertz CT molecular complexity index is 983. The lowest BCUT2D eigenvalue weighted by atomic mass is 9.95. The molecule has 0 spiro atoms. The number of piperidine rings is 1. The van der Waals surface area contributed by atoms with Gasteiger partial charge in [0.1, 0.15) is 11.4 Å². The van der Waals surface area contributed by atoms with Crippen LogP contribution in [-0.4, -0.2) is 52.2 Å². The predicted molar refractivity (Wildman–Crippen MR) is 112 cm³/mol. The summed E-state index contributed by atoms with van der Waals surface area (Å²) in [4.78, 5) is 23.7. The number of rotatable bonds is 6. The third-order valence-corrected chi connectivity index (χ3v) is 5.51. The van der Waals surface area contributed by atoms with Crippen molar-refractivity contribution < 1.29 is 14.1 Å². The second-order valence-corrected chi connectivity index (χ2v) is 7.35. The molecule has 1 amide bonds. The fraction of sp³-hybridized carbons (Fsp3) is 0.364. The van der Waals surface area contributed by atoms with E-state index in [1.165, 1.54) is 0 Å². The highest BCUT2D eigenvalue weighted by Gasteiger charge is 2.30. The van der Waals surface area contributed by atoms with E-state index in [4.69, 9.17) is 9.26 Å². The van der Waals surface area contributed by atoms with Gasteiger partial charge in [0.05, 0.1) is 18.8 Å². The molecule has 2 aromatic heterocycles. The zero-order valence-electron chi connectivity index (χ0n) is 17.1. The second kappa shape index (κ2) is 9.04. The summed E-state index contributed by atoms with van der Waals surface area (Å²) >= 11 is 0. The van der Waals surface area contributed by atoms with Crippen molar-refractivity contribution in [1.82, 2.24) is 20.0 Å². The van der Waals surface area contributed by atoms with Crippen LogP contribution >= 0.6 is 0 Å². The highest BCUT2D eigenvalue weighted by molar-refractivity contribution is 5.95. The van der Waals surface area contributed by atoms with Crippen LogP contribution in [0, 0.1) is 0 Å². The SMILES string of the molecule is COc1ccccc1NC(=O)[C@H](C)N1CCC(c2nc(-c3ccccn3)no2)CC1. The lowest BCUT2D eigenvalue weighted by Gasteiger charge is -2.34. The molecule has 4 rings (SSSR count). The van der Waals surface area contributed by atoms with Gasteiger partial charge in [-0.1, -0.05) is 23.4 Å². The van der Waals surface area contributed by atoms with E-state index >= 15 is 0 Å². The molecule has 1 aromatic carbocycles. The molecule has 0 bridgehead atoms. The molecule has 3 aromatic rings. The summed E-state index contributed by atoms with van der Waals surface area (Å²) in [5.41, 5.74) is 1.38. The summed E-state index contributed by atoms with van der Waals surface area (Å²) in [7, 11) is 1.59. The van der Waals surface area contributed by atoms with Crippen LogP contribution in [0.15, 0.2) is 53.2 Å². The van der Waals surface area contributed by atoms with Gasteiger partial charge in [-0.3, -0.25) is 14.7 Å². The minimum absolute atomic E-state index is 0.0480. The fourth-order valence-electron chi connectivity index (χ4n) is 3.68. The lowest BCUT2D eigenvalue weighted by Crippen LogP contribution is -2.45. The monoisotopic (exact) mass is 407 g/mol. The van der Waals surface area contributed by atoms with Gasteiger partial charge in [-0.05, 0) is 57.1 Å². The van der Waals surface area contributed by atoms with E-state index in [2.05, 4.69) is 25.3 Å². The van der Waals surface area contributed by atoms with Crippen LogP contribution < -0.4 is 10.1 Å². The van der Waals surface area contributed by atoms with Crippen molar-refractivity contribution in [3.63, 3.8) is 0 Å². The maximum atomic E-state index is 12.7. The standard InChI is InChI=1S/C22H25N5O3/c1-15(21(28)24-17-7-3-4-9-19(17)29-2)27-13-10-16(11-14-27)22-25-20(26-30-22)18-8-5-6-12-23-18/h3-9,12,15-16H,10-11,13-14H2,1-2H3,(H,24,28)/t15-/m0/s1. The number of anilines is 1. The van der Waals surface area contributed by atoms with Crippen molar-refractivity contribution in [3.05, 3.63) is 54.6 Å². The van der Waals surface area contributed by atoms with Crippen molar-refractivity contribution in [2.24, 2.45) is 0 Å². The van der Waals surface area contributed by atoms with E-state index in [9.17, 15) is 4.79 Å². The molecule has 156 valence electrons. The Morgan fingerprint density at radius 1 is 1.20 bits per heavy atom. The van der Waals surface area contributed by atoms with Gasteiger partial charge in [-0.25, -0.2) is 0 Å². The molecule has 1 aliphatic rings. The van der Waals surface area contributed by atoms with Crippen LogP contribution in [0.4, 0.5) is 5.69 Å². The largest absolute Gasteiger partial charge is 0.495 e. The normalized spacial score (nSPS) is 16.2. The zero-order valence-corrected chi connectivity index (χ0v) is 17.1. The number of likely N-dealkylation sites (tertiary alicyclic amines) is 1. The average molecular weight is 407 g/mol. The number of nitrogens with zero attached hydrogens (tertiary/aromatic N) is 4. The molecular formula is C22H25N5O3. The third kappa shape index (κ3) is 4.33. The topological polar surface area (TPSA) is 93.4 Å². The molecule has 0 aliphatic carbocycles. The van der Waals surface area contributed by atoms with E-state index in [1.807, 2.05) is 49.4 Å². The molecule has 1 saturated heterocycles. The van der Waals surface area contributed by atoms with Crippen LogP contribution in [-0.2, 0) is 4.79 Å². The molecule has 1 atom stereocenters. The third-order valence-electron chi connectivity index (χ3n) is 5.51. The minimum atomic E-state index is -0.248. The van der Waals surface area contributed by atoms with Gasteiger partial charge >= 0.3 is 0 Å². The van der Waals surface area contributed by atoms with Gasteiger partial charge in [0.2, 0.25) is 17.6 Å². The van der Waals surface area contributed by atoms with Crippen molar-refractivity contribution in [2.75, 3.05) is 25.5 Å². The zero-order chi connectivity index (χ0) is 20.9. The van der Waals surface area contributed by atoms with E-state index in [0.717, 1.165) is 25.9 Å². The Hall–Kier alpha value is -3.26. The van der Waals surface area contributed by atoms with E-state index < -0.39 is 0 Å². The number of carbonyl (C=O) groups is 1. The Kier molecular flexibility index (Phi) is 6.04. The molecule has 1 fully saturated rings. The van der Waals surface area contributed by atoms with Crippen molar-refractivity contribution in [2.45, 2.75) is 31.7 Å². The van der Waals surface area contributed by atoms with E-state index in [1.54, 1.807) is 13.3 Å². The van der Waals surface area contributed by atoms with Gasteiger partial charge in [-0.15, -0.1) is 0 Å². The molecule has 30 heavy (non-hydrogen) atoms. The van der Waals surface area contributed by atoms with Gasteiger partial charge < -0.3 is 14.6 Å². The highest BCUT2D eigenvalue weighted by Crippen LogP contribution is 2.29. The maximum Gasteiger partial charge on any atom is 0.241 e. The predicted octanol–water partition coefficient (Wildman–Crippen LogP) is 3.35. The summed E-state index contributed by atoms with van der Waals surface area (Å²) in [6, 6.07) is 12.8. The first kappa shape index (κ1) is 20.0. The van der Waals surface area contributed by atoms with Crippen LogP contribution in [0.25, 0.3) is 11.5 Å². The van der Waals surface area contributed by atoms with Crippen LogP contribution in [0.5, 0.6) is 5.75 Å². The Balaban J connectivity index is 1.34. The second-order valence-electron chi connectivity index (χ2n) is 7.35. The molecule has 8 heteroatoms. The van der Waals surface area contributed by atoms with Gasteiger partial charge in [0.25, 0.3) is 0 Å². The van der Waals surface area contributed by atoms with Crippen LogP contribution in [0.2, 0.25) is 0 Å². The van der Waals surface area contributed by atoms with E-state index in [-0.39, 0.29) is 17.9 Å². The number of para-hydroxylation sites is 2. The minimum Gasteiger partial charge on any atom is -0.495 e. The maximum absolute atomic E-state index is 12.7. The number of aromatic nitrogens is 3. The Morgan fingerprint density at radius 3 is 2.70 bits per heavy atom. The molecule has 0 radical (unpaired) electrons. The number of ether oxygens (including phenoxy) is 1. The summed E-state index contributed by atoms with van der Waals surface area (Å²) in [6.45, 7) is 3.50. The van der Waals surface area contributed by atoms with Gasteiger partial charge in [0, 0.05) is 12.1 Å². The number of amides is 1. The number of benzene rings is 1. The molecule has 1 aliphatic heterocycles. The number of pyridine rings is 1. The van der Waals surface area contributed by atoms with Crippen molar-refractivity contribution in [3.8, 4) is 17.3 Å². The molecule has 8 nitrogen and oxygen atoms in total. The molecule has 0 saturated carbocycles. The first-order chi connectivity index (χ1) is 14.7. The number of carbonyl (C=O) groups excluding carboxylic acids is 1. The Morgan fingerprint density at radius 2 is 1.97 bits per heavy atom. The van der Waals surface area contributed by atoms with Crippen molar-refractivity contribution in [1.29, 1.82) is 0 Å². The van der Waals surface area contributed by atoms with Crippen LogP contribution in [0.1, 0.15) is 31.6 Å². The first-order valence-electron chi connectivity index (χ1n) is 10.1. The summed E-state index contributed by atoms with van der Waals surface area (Å²) < 4.78 is 10.8. The molecular weight excluding hydrogens is 382 g/mol. The fourth-order valence-corrected chi connectivity index (χ4v) is 3.68. The number of nitrogens with one attached hydrogen (secondary N) is 1. The number of methoxy groups -OCH3 is 1. The Labute approximate surface area is 175 Å². The van der Waals surface area contributed by atoms with Gasteiger partial charge in [0.15, 0.2) is 0 Å². The summed E-state index contributed by atoms with van der Waals surface area (Å²) in [5.74, 6) is 1.94. The quantitative estimate of drug-likeness (QED) is 0.670. The number of hydrogen-bond donors (Lipinski definition) is 1. The van der Waals surface area contributed by atoms with Crippen molar-refractivity contribution >= 4 is 11.6 Å².